The Hall–Kier alpha value is -0.287. The normalized spacial score (nSPS) is 26.0. The van der Waals surface area contributed by atoms with E-state index in [1.807, 2.05) is 5.57 Å². The van der Waals surface area contributed by atoms with Crippen molar-refractivity contribution in [3.8, 4) is 0 Å². The van der Waals surface area contributed by atoms with Crippen LogP contribution >= 0.6 is 27.3 Å². The summed E-state index contributed by atoms with van der Waals surface area (Å²) >= 11 is -0.346. The third-order valence-corrected chi connectivity index (χ3v) is 16.5. The molecule has 0 spiro atoms. The van der Waals surface area contributed by atoms with Crippen LogP contribution in [0.4, 0.5) is 0 Å². The van der Waals surface area contributed by atoms with E-state index in [0.29, 0.717) is 0 Å². The molecule has 0 bridgehead atoms. The van der Waals surface area contributed by atoms with E-state index >= 15 is 0 Å². The number of hydrogen-bond donors (Lipinski definition) is 0. The van der Waals surface area contributed by atoms with Gasteiger partial charge >= 0.3 is 34.5 Å². The molecule has 1 saturated heterocycles. The molecule has 0 radical (unpaired) electrons. The molecular weight excluding hydrogens is 723 g/mol. The predicted molar refractivity (Wildman–Crippen MR) is 202 cm³/mol. The van der Waals surface area contributed by atoms with E-state index in [-0.39, 0.29) is 23.1 Å². The van der Waals surface area contributed by atoms with Crippen LogP contribution in [-0.4, -0.2) is 51.9 Å². The van der Waals surface area contributed by atoms with Crippen molar-refractivity contribution in [1.82, 2.24) is 9.80 Å². The second-order valence-corrected chi connectivity index (χ2v) is 21.0. The van der Waals surface area contributed by atoms with E-state index in [9.17, 15) is 0 Å². The molecule has 47 heavy (non-hydrogen) atoms. The van der Waals surface area contributed by atoms with E-state index in [2.05, 4.69) is 51.9 Å². The summed E-state index contributed by atoms with van der Waals surface area (Å²) in [5.74, 6) is 1.76. The number of rotatable bonds is 6. The Morgan fingerprint density at radius 2 is 1.09 bits per heavy atom. The summed E-state index contributed by atoms with van der Waals surface area (Å²) in [5, 5.41) is 0. The SMILES string of the molecule is C(=Cc1ccccc1)=C1CCCC(P(C2CCCCC2)C2CCCCC2)C1=C1N(C2CCCCC2)CCN1C1CCCCC1.[Cl][Ru][Cl]. The van der Waals surface area contributed by atoms with Gasteiger partial charge in [-0.25, -0.2) is 0 Å². The molecule has 0 N–H and O–H groups in total. The second kappa shape index (κ2) is 19.4. The van der Waals surface area contributed by atoms with Crippen molar-refractivity contribution in [1.29, 1.82) is 0 Å². The first kappa shape index (κ1) is 36.5. The van der Waals surface area contributed by atoms with Gasteiger partial charge in [0.25, 0.3) is 0 Å². The summed E-state index contributed by atoms with van der Waals surface area (Å²) in [5.41, 5.74) is 11.7. The van der Waals surface area contributed by atoms with Crippen LogP contribution in [-0.2, 0) is 15.1 Å². The van der Waals surface area contributed by atoms with Crippen LogP contribution in [0.25, 0.3) is 6.08 Å². The molecule has 5 saturated carbocycles. The maximum atomic E-state index is 4.85. The molecule has 1 aromatic carbocycles. The number of hydrogen-bond acceptors (Lipinski definition) is 2. The van der Waals surface area contributed by atoms with Crippen molar-refractivity contribution in [3.63, 3.8) is 0 Å². The van der Waals surface area contributed by atoms with Gasteiger partial charge in [0.05, 0.1) is 0 Å². The van der Waals surface area contributed by atoms with Gasteiger partial charge in [-0.1, -0.05) is 115 Å². The fourth-order valence-electron chi connectivity index (χ4n) is 10.4. The van der Waals surface area contributed by atoms with Gasteiger partial charge in [-0.15, -0.1) is 5.73 Å². The summed E-state index contributed by atoms with van der Waals surface area (Å²) in [4.78, 5) is 6.09. The van der Waals surface area contributed by atoms with Gasteiger partial charge < -0.3 is 9.80 Å². The van der Waals surface area contributed by atoms with E-state index < -0.39 is 0 Å². The summed E-state index contributed by atoms with van der Waals surface area (Å²) < 4.78 is 0. The molecule has 6 fully saturated rings. The molecule has 262 valence electrons. The van der Waals surface area contributed by atoms with Gasteiger partial charge in [-0.3, -0.25) is 0 Å². The third kappa shape index (κ3) is 9.54. The van der Waals surface area contributed by atoms with E-state index in [0.717, 1.165) is 29.1 Å². The molecule has 0 aromatic heterocycles. The van der Waals surface area contributed by atoms with Crippen molar-refractivity contribution in [2.75, 3.05) is 13.1 Å². The summed E-state index contributed by atoms with van der Waals surface area (Å²) in [6.45, 7) is 2.54. The molecule has 6 heteroatoms. The average molecular weight is 785 g/mol. The molecule has 1 aromatic rings. The molecule has 7 rings (SSSR count). The van der Waals surface area contributed by atoms with Gasteiger partial charge in [0.1, 0.15) is 5.82 Å². The monoisotopic (exact) mass is 784 g/mol. The number of halogens is 2. The quantitative estimate of drug-likeness (QED) is 0.161. The van der Waals surface area contributed by atoms with Crippen LogP contribution in [0.1, 0.15) is 153 Å². The van der Waals surface area contributed by atoms with Crippen molar-refractivity contribution >= 4 is 33.4 Å². The standard InChI is InChI=1S/C41H61N2P.2ClH.Ru/c1-6-17-33(18-7-1)29-30-34-19-16-28-39(44(37-24-12-4-13-25-37)38-26-14-5-15-27-38)40(34)41-42(35-20-8-2-9-21-35)31-32-43(41)36-22-10-3-11-23-36;;;/h1,6-7,17-18,29,35-39H,2-5,8-16,19-28,31-32H2;2*1H;/q;;;+2/p-2. The predicted octanol–water partition coefficient (Wildman–Crippen LogP) is 12.8. The summed E-state index contributed by atoms with van der Waals surface area (Å²) in [6.07, 6.45) is 35.8. The van der Waals surface area contributed by atoms with Gasteiger partial charge in [0.15, 0.2) is 0 Å². The van der Waals surface area contributed by atoms with Crippen molar-refractivity contribution < 1.29 is 15.1 Å². The Kier molecular flexibility index (Phi) is 15.0. The molecular formula is C41H61Cl2N2PRu. The molecule has 1 unspecified atom stereocenters. The molecule has 1 aliphatic heterocycles. The zero-order chi connectivity index (χ0) is 32.3. The topological polar surface area (TPSA) is 6.48 Å². The van der Waals surface area contributed by atoms with Crippen molar-refractivity contribution in [2.45, 2.75) is 177 Å². The molecule has 6 aliphatic rings. The molecule has 5 aliphatic carbocycles. The number of nitrogens with zero attached hydrogens (tertiary/aromatic N) is 2. The average Bonchev–Trinajstić information content (AvgIpc) is 3.58. The zero-order valence-electron chi connectivity index (χ0n) is 29.0. The minimum atomic E-state index is -0.346. The fraction of sp³-hybridized carbons (Fsp3) is 0.732. The number of allylic oxidation sites excluding steroid dienone is 2. The molecule has 2 nitrogen and oxygen atoms in total. The second-order valence-electron chi connectivity index (χ2n) is 15.4. The van der Waals surface area contributed by atoms with Crippen LogP contribution in [0.5, 0.6) is 0 Å². The maximum absolute atomic E-state index is 4.85. The Morgan fingerprint density at radius 1 is 0.617 bits per heavy atom. The van der Waals surface area contributed by atoms with E-state index in [1.54, 1.807) is 11.4 Å². The molecule has 1 heterocycles. The van der Waals surface area contributed by atoms with Gasteiger partial charge in [-0.05, 0) is 93.6 Å². The van der Waals surface area contributed by atoms with Crippen molar-refractivity contribution in [3.05, 3.63) is 58.6 Å². The Labute approximate surface area is 305 Å². The van der Waals surface area contributed by atoms with Crippen molar-refractivity contribution in [2.24, 2.45) is 0 Å². The van der Waals surface area contributed by atoms with Crippen LogP contribution < -0.4 is 0 Å². The summed E-state index contributed by atoms with van der Waals surface area (Å²) in [6, 6.07) is 12.6. The fourth-order valence-corrected chi connectivity index (χ4v) is 15.0. The zero-order valence-corrected chi connectivity index (χ0v) is 33.1. The first-order valence-corrected chi connectivity index (χ1v) is 25.7. The van der Waals surface area contributed by atoms with Gasteiger partial charge in [0.2, 0.25) is 0 Å². The first-order chi connectivity index (χ1) is 23.3. The molecule has 1 atom stereocenters. The number of benzene rings is 1. The van der Waals surface area contributed by atoms with Crippen LogP contribution in [0.15, 0.2) is 53.0 Å². The van der Waals surface area contributed by atoms with E-state index in [1.165, 1.54) is 166 Å². The summed E-state index contributed by atoms with van der Waals surface area (Å²) in [7, 11) is 9.69. The Morgan fingerprint density at radius 3 is 1.57 bits per heavy atom. The van der Waals surface area contributed by atoms with Crippen LogP contribution in [0, 0.1) is 0 Å². The first-order valence-electron chi connectivity index (χ1n) is 19.7. The Balaban J connectivity index is 0.00000124. The van der Waals surface area contributed by atoms with Gasteiger partial charge in [-0.2, -0.15) is 0 Å². The van der Waals surface area contributed by atoms with E-state index in [4.69, 9.17) is 19.4 Å². The van der Waals surface area contributed by atoms with Gasteiger partial charge in [0, 0.05) is 42.0 Å². The van der Waals surface area contributed by atoms with Crippen LogP contribution in [0.3, 0.4) is 0 Å². The van der Waals surface area contributed by atoms with Crippen LogP contribution in [0.2, 0.25) is 0 Å². The third-order valence-electron chi connectivity index (χ3n) is 12.5. The minimum absolute atomic E-state index is 0.0211. The Bertz CT molecular complexity index is 1130. The molecule has 0 amide bonds.